The van der Waals surface area contributed by atoms with Crippen LogP contribution in [0.25, 0.3) is 5.52 Å². The maximum atomic E-state index is 13.9. The van der Waals surface area contributed by atoms with Crippen molar-refractivity contribution in [3.05, 3.63) is 17.7 Å². The molecule has 0 saturated carbocycles. The lowest BCUT2D eigenvalue weighted by atomic mass is 10.1. The van der Waals surface area contributed by atoms with Crippen molar-refractivity contribution in [2.75, 3.05) is 18.4 Å². The van der Waals surface area contributed by atoms with E-state index in [1.807, 2.05) is 13.8 Å². The predicted octanol–water partition coefficient (Wildman–Crippen LogP) is 2.88. The maximum Gasteiger partial charge on any atom is 0.435 e. The normalized spacial score (nSPS) is 21.0. The van der Waals surface area contributed by atoms with Crippen LogP contribution in [0.3, 0.4) is 0 Å². The van der Waals surface area contributed by atoms with E-state index in [1.54, 1.807) is 0 Å². The van der Waals surface area contributed by atoms with Gasteiger partial charge in [0.15, 0.2) is 5.69 Å². The summed E-state index contributed by atoms with van der Waals surface area (Å²) in [7, 11) is 0. The van der Waals surface area contributed by atoms with Crippen molar-refractivity contribution in [3.63, 3.8) is 0 Å². The van der Waals surface area contributed by atoms with Gasteiger partial charge in [-0.15, -0.1) is 17.5 Å². The molecule has 2 aromatic heterocycles. The van der Waals surface area contributed by atoms with E-state index in [9.17, 15) is 17.6 Å². The molecule has 0 aliphatic carbocycles. The van der Waals surface area contributed by atoms with Crippen molar-refractivity contribution in [3.8, 4) is 0 Å². The Bertz CT molecular complexity index is 748. The highest BCUT2D eigenvalue weighted by molar-refractivity contribution is 5.85. The Kier molecular flexibility index (Phi) is 6.28. The van der Waals surface area contributed by atoms with Gasteiger partial charge in [0.2, 0.25) is 5.95 Å². The fraction of sp³-hybridized carbons (Fsp3) is 0.667. The first kappa shape index (κ1) is 20.6. The van der Waals surface area contributed by atoms with Gasteiger partial charge in [-0.25, -0.2) is 18.9 Å². The molecule has 2 atom stereocenters. The summed E-state index contributed by atoms with van der Waals surface area (Å²) in [5, 5.41) is 9.95. The van der Waals surface area contributed by atoms with Gasteiger partial charge in [0.25, 0.3) is 0 Å². The van der Waals surface area contributed by atoms with E-state index < -0.39 is 24.1 Å². The van der Waals surface area contributed by atoms with Gasteiger partial charge in [-0.05, 0) is 18.9 Å². The minimum absolute atomic E-state index is 0. The van der Waals surface area contributed by atoms with E-state index >= 15 is 0 Å². The molecule has 0 unspecified atom stereocenters. The Labute approximate surface area is 154 Å². The Morgan fingerprint density at radius 3 is 2.73 bits per heavy atom. The number of rotatable bonds is 4. The lowest BCUT2D eigenvalue weighted by molar-refractivity contribution is -0.139. The Morgan fingerprint density at radius 1 is 1.38 bits per heavy atom. The molecule has 146 valence electrons. The second kappa shape index (κ2) is 7.91. The van der Waals surface area contributed by atoms with Crippen molar-refractivity contribution < 1.29 is 17.6 Å². The van der Waals surface area contributed by atoms with E-state index in [1.165, 1.54) is 0 Å². The van der Waals surface area contributed by atoms with Gasteiger partial charge in [0, 0.05) is 13.0 Å². The number of nitrogens with one attached hydrogen (secondary N) is 2. The van der Waals surface area contributed by atoms with Crippen LogP contribution in [0, 0.1) is 5.92 Å². The van der Waals surface area contributed by atoms with Crippen LogP contribution in [0.5, 0.6) is 0 Å². The molecular formula is C15H21ClF4N6. The van der Waals surface area contributed by atoms with Crippen LogP contribution < -0.4 is 10.6 Å². The number of alkyl halides is 4. The van der Waals surface area contributed by atoms with E-state index in [0.717, 1.165) is 10.7 Å². The number of halogens is 5. The first-order valence-corrected chi connectivity index (χ1v) is 8.19. The lowest BCUT2D eigenvalue weighted by Gasteiger charge is -2.27. The maximum absolute atomic E-state index is 13.9. The van der Waals surface area contributed by atoms with Gasteiger partial charge in [0.1, 0.15) is 17.5 Å². The Hall–Kier alpha value is -1.68. The van der Waals surface area contributed by atoms with Gasteiger partial charge in [-0.2, -0.15) is 13.2 Å². The molecule has 26 heavy (non-hydrogen) atoms. The molecule has 0 radical (unpaired) electrons. The number of hydrogen-bond acceptors (Lipinski definition) is 5. The largest absolute Gasteiger partial charge is 0.435 e. The van der Waals surface area contributed by atoms with Crippen molar-refractivity contribution in [1.82, 2.24) is 24.9 Å². The van der Waals surface area contributed by atoms with Crippen LogP contribution >= 0.6 is 12.4 Å². The number of nitrogens with zero attached hydrogens (tertiary/aromatic N) is 4. The third-order valence-corrected chi connectivity index (χ3v) is 4.04. The summed E-state index contributed by atoms with van der Waals surface area (Å²) in [6.07, 6.45) is -3.73. The molecule has 1 fully saturated rings. The first-order chi connectivity index (χ1) is 11.8. The van der Waals surface area contributed by atoms with Crippen LogP contribution in [0.15, 0.2) is 6.20 Å². The third kappa shape index (κ3) is 4.35. The molecule has 1 saturated heterocycles. The Balaban J connectivity index is 0.00000243. The molecular weight excluding hydrogens is 376 g/mol. The fourth-order valence-electron chi connectivity index (χ4n) is 2.86. The molecule has 0 amide bonds. The Morgan fingerprint density at radius 2 is 2.12 bits per heavy atom. The zero-order chi connectivity index (χ0) is 18.2. The summed E-state index contributed by atoms with van der Waals surface area (Å²) in [5.41, 5.74) is -1.20. The molecule has 6 nitrogen and oxygen atoms in total. The highest BCUT2D eigenvalue weighted by Gasteiger charge is 2.37. The number of fused-ring (bicyclic) bond motifs is 1. The predicted molar refractivity (Wildman–Crippen MR) is 91.4 cm³/mol. The number of hydrogen-bond donors (Lipinski definition) is 2. The zero-order valence-corrected chi connectivity index (χ0v) is 15.2. The van der Waals surface area contributed by atoms with Gasteiger partial charge in [-0.1, -0.05) is 13.8 Å². The molecule has 0 bridgehead atoms. The SMILES string of the molecule is CC(C)Cc1nc(C(F)(F)F)c2cnc(N[C@@H]3CCNC[C@H]3F)nn12.Cl. The summed E-state index contributed by atoms with van der Waals surface area (Å²) in [4.78, 5) is 7.66. The van der Waals surface area contributed by atoms with E-state index in [4.69, 9.17) is 0 Å². The molecule has 1 aliphatic heterocycles. The fourth-order valence-corrected chi connectivity index (χ4v) is 2.86. The number of aromatic nitrogens is 4. The molecule has 2 N–H and O–H groups in total. The van der Waals surface area contributed by atoms with Crippen molar-refractivity contribution >= 4 is 23.9 Å². The van der Waals surface area contributed by atoms with E-state index in [-0.39, 0.29) is 42.2 Å². The van der Waals surface area contributed by atoms with Gasteiger partial charge in [-0.3, -0.25) is 0 Å². The second-order valence-electron chi connectivity index (χ2n) is 6.61. The summed E-state index contributed by atoms with van der Waals surface area (Å²) in [6, 6.07) is -0.474. The molecule has 1 aliphatic rings. The highest BCUT2D eigenvalue weighted by Crippen LogP contribution is 2.32. The average Bonchev–Trinajstić information content (AvgIpc) is 2.87. The van der Waals surface area contributed by atoms with Crippen LogP contribution in [-0.4, -0.2) is 44.9 Å². The van der Waals surface area contributed by atoms with E-state index in [2.05, 4.69) is 25.7 Å². The topological polar surface area (TPSA) is 67.1 Å². The monoisotopic (exact) mass is 396 g/mol. The molecule has 0 aromatic carbocycles. The van der Waals surface area contributed by atoms with Gasteiger partial charge >= 0.3 is 6.18 Å². The summed E-state index contributed by atoms with van der Waals surface area (Å²) in [5.74, 6) is 0.417. The zero-order valence-electron chi connectivity index (χ0n) is 14.3. The molecule has 3 heterocycles. The number of piperidine rings is 1. The second-order valence-corrected chi connectivity index (χ2v) is 6.61. The third-order valence-electron chi connectivity index (χ3n) is 4.04. The number of anilines is 1. The standard InChI is InChI=1S/C15H20F4N6.ClH/c1-8(2)5-12-23-13(15(17,18)19)11-7-21-14(24-25(11)12)22-10-3-4-20-6-9(10)16;/h7-10,20H,3-6H2,1-2H3,(H,22,24);1H/t9-,10-;/m1./s1. The van der Waals surface area contributed by atoms with E-state index in [0.29, 0.717) is 19.4 Å². The summed E-state index contributed by atoms with van der Waals surface area (Å²) < 4.78 is 54.6. The average molecular weight is 397 g/mol. The van der Waals surface area contributed by atoms with Crippen LogP contribution in [0.1, 0.15) is 31.8 Å². The minimum atomic E-state index is -4.59. The van der Waals surface area contributed by atoms with Gasteiger partial charge < -0.3 is 10.6 Å². The molecule has 0 spiro atoms. The van der Waals surface area contributed by atoms with Crippen molar-refractivity contribution in [1.29, 1.82) is 0 Å². The van der Waals surface area contributed by atoms with Crippen LogP contribution in [0.4, 0.5) is 23.5 Å². The molecule has 3 rings (SSSR count). The molecule has 2 aromatic rings. The lowest BCUT2D eigenvalue weighted by Crippen LogP contribution is -2.45. The first-order valence-electron chi connectivity index (χ1n) is 8.19. The van der Waals surface area contributed by atoms with Crippen molar-refractivity contribution in [2.45, 2.75) is 45.1 Å². The molecule has 11 heteroatoms. The minimum Gasteiger partial charge on any atom is -0.347 e. The van der Waals surface area contributed by atoms with Gasteiger partial charge in [0.05, 0.1) is 12.2 Å². The van der Waals surface area contributed by atoms with Crippen LogP contribution in [-0.2, 0) is 12.6 Å². The summed E-state index contributed by atoms with van der Waals surface area (Å²) in [6.45, 7) is 4.65. The summed E-state index contributed by atoms with van der Waals surface area (Å²) >= 11 is 0. The smallest absolute Gasteiger partial charge is 0.347 e. The number of imidazole rings is 1. The van der Waals surface area contributed by atoms with Crippen molar-refractivity contribution in [2.24, 2.45) is 5.92 Å². The quantitative estimate of drug-likeness (QED) is 0.778. The van der Waals surface area contributed by atoms with Crippen LogP contribution in [0.2, 0.25) is 0 Å². The highest BCUT2D eigenvalue weighted by atomic mass is 35.5.